The van der Waals surface area contributed by atoms with Gasteiger partial charge in [-0.15, -0.1) is 5.10 Å². The minimum atomic E-state index is 0.125. The lowest BCUT2D eigenvalue weighted by Crippen LogP contribution is -2.02. The lowest BCUT2D eigenvalue weighted by atomic mass is 10.1. The molecule has 0 saturated heterocycles. The van der Waals surface area contributed by atoms with Crippen molar-refractivity contribution < 1.29 is 14.6 Å². The Hall–Kier alpha value is -2.97. The van der Waals surface area contributed by atoms with Gasteiger partial charge in [0.25, 0.3) is 0 Å². The minimum Gasteiger partial charge on any atom is -0.506 e. The molecule has 0 saturated carbocycles. The summed E-state index contributed by atoms with van der Waals surface area (Å²) in [4.78, 5) is 4.23. The van der Waals surface area contributed by atoms with E-state index in [1.807, 2.05) is 54.6 Å². The second kappa shape index (κ2) is 9.89. The molecule has 0 aliphatic heterocycles. The van der Waals surface area contributed by atoms with E-state index in [0.717, 1.165) is 22.4 Å². The zero-order valence-electron chi connectivity index (χ0n) is 16.2. The maximum atomic E-state index is 9.84. The largest absolute Gasteiger partial charge is 0.506 e. The van der Waals surface area contributed by atoms with Crippen LogP contribution in [0, 0.1) is 0 Å². The number of hydrogen-bond donors (Lipinski definition) is 1. The van der Waals surface area contributed by atoms with Gasteiger partial charge in [0.05, 0.1) is 15.1 Å². The molecular formula is C23H17Br2N3O3. The third-order valence-corrected chi connectivity index (χ3v) is 5.58. The first-order chi connectivity index (χ1) is 15.1. The summed E-state index contributed by atoms with van der Waals surface area (Å²) in [6.45, 7) is 0.795. The molecule has 3 aromatic carbocycles. The van der Waals surface area contributed by atoms with Gasteiger partial charge in [0.2, 0.25) is 0 Å². The van der Waals surface area contributed by atoms with Gasteiger partial charge in [-0.25, -0.2) is 4.98 Å². The van der Waals surface area contributed by atoms with E-state index < -0.39 is 0 Å². The summed E-state index contributed by atoms with van der Waals surface area (Å²) in [5.41, 5.74) is 3.36. The number of hydrogen-bond acceptors (Lipinski definition) is 6. The number of halogens is 2. The van der Waals surface area contributed by atoms with Crippen molar-refractivity contribution in [2.24, 2.45) is 0 Å². The van der Waals surface area contributed by atoms with Crippen LogP contribution in [0.3, 0.4) is 0 Å². The Kier molecular flexibility index (Phi) is 6.79. The quantitative estimate of drug-likeness (QED) is 0.312. The predicted octanol–water partition coefficient (Wildman–Crippen LogP) is 5.93. The molecule has 0 fully saturated rings. The first-order valence-electron chi connectivity index (χ1n) is 9.35. The highest BCUT2D eigenvalue weighted by atomic mass is 79.9. The van der Waals surface area contributed by atoms with Gasteiger partial charge in [-0.3, -0.25) is 0 Å². The Morgan fingerprint density at radius 2 is 1.48 bits per heavy atom. The van der Waals surface area contributed by atoms with Gasteiger partial charge in [0, 0.05) is 5.56 Å². The second-order valence-electron chi connectivity index (χ2n) is 6.62. The van der Waals surface area contributed by atoms with Crippen molar-refractivity contribution in [3.63, 3.8) is 0 Å². The summed E-state index contributed by atoms with van der Waals surface area (Å²) in [6, 6.07) is 21.4. The third-order valence-electron chi connectivity index (χ3n) is 4.37. The van der Waals surface area contributed by atoms with Gasteiger partial charge in [0.1, 0.15) is 30.4 Å². The van der Waals surface area contributed by atoms with Crippen LogP contribution in [-0.4, -0.2) is 20.3 Å². The standard InChI is InChI=1S/C23H17Br2N3O3/c24-19-10-17(11-20(25)22(19)29)21-12-26-23(28-27-21)31-14-16-7-4-8-18(9-16)30-13-15-5-2-1-3-6-15/h1-12,29H,13-14H2. The number of phenols is 1. The topological polar surface area (TPSA) is 77.4 Å². The Morgan fingerprint density at radius 1 is 0.774 bits per heavy atom. The summed E-state index contributed by atoms with van der Waals surface area (Å²) in [5, 5.41) is 18.0. The van der Waals surface area contributed by atoms with Crippen LogP contribution in [0.5, 0.6) is 17.5 Å². The van der Waals surface area contributed by atoms with E-state index in [9.17, 15) is 5.11 Å². The van der Waals surface area contributed by atoms with Crippen molar-refractivity contribution in [2.75, 3.05) is 0 Å². The van der Waals surface area contributed by atoms with E-state index in [2.05, 4.69) is 47.0 Å². The van der Waals surface area contributed by atoms with E-state index in [1.165, 1.54) is 0 Å². The Labute approximate surface area is 196 Å². The molecule has 1 aromatic heterocycles. The fraction of sp³-hybridized carbons (Fsp3) is 0.0870. The Bertz CT molecular complexity index is 1150. The second-order valence-corrected chi connectivity index (χ2v) is 8.33. The molecule has 0 aliphatic rings. The number of benzene rings is 3. The van der Waals surface area contributed by atoms with Gasteiger partial charge < -0.3 is 14.6 Å². The highest BCUT2D eigenvalue weighted by Gasteiger charge is 2.10. The van der Waals surface area contributed by atoms with Crippen molar-refractivity contribution in [3.05, 3.63) is 93.0 Å². The number of ether oxygens (including phenoxy) is 2. The van der Waals surface area contributed by atoms with Crippen LogP contribution in [0.4, 0.5) is 0 Å². The highest BCUT2D eigenvalue weighted by Crippen LogP contribution is 2.36. The van der Waals surface area contributed by atoms with Crippen molar-refractivity contribution in [3.8, 4) is 28.8 Å². The van der Waals surface area contributed by atoms with Crippen LogP contribution in [-0.2, 0) is 13.2 Å². The Balaban J connectivity index is 1.37. The van der Waals surface area contributed by atoms with Gasteiger partial charge in [-0.2, -0.15) is 0 Å². The number of aromatic nitrogens is 3. The summed E-state index contributed by atoms with van der Waals surface area (Å²) in [7, 11) is 0. The van der Waals surface area contributed by atoms with Crippen molar-refractivity contribution in [1.29, 1.82) is 0 Å². The monoisotopic (exact) mass is 541 g/mol. The Morgan fingerprint density at radius 3 is 2.19 bits per heavy atom. The van der Waals surface area contributed by atoms with Crippen molar-refractivity contribution in [2.45, 2.75) is 13.2 Å². The van der Waals surface area contributed by atoms with Crippen LogP contribution in [0.25, 0.3) is 11.3 Å². The molecule has 1 N–H and O–H groups in total. The highest BCUT2D eigenvalue weighted by molar-refractivity contribution is 9.11. The smallest absolute Gasteiger partial charge is 0.336 e. The lowest BCUT2D eigenvalue weighted by molar-refractivity contribution is 0.274. The summed E-state index contributed by atoms with van der Waals surface area (Å²) in [5.74, 6) is 0.891. The normalized spacial score (nSPS) is 10.6. The van der Waals surface area contributed by atoms with Crippen LogP contribution < -0.4 is 9.47 Å². The fourth-order valence-corrected chi connectivity index (χ4v) is 3.98. The molecule has 6 nitrogen and oxygen atoms in total. The van der Waals surface area contributed by atoms with Crippen LogP contribution in [0.15, 0.2) is 81.9 Å². The molecule has 0 radical (unpaired) electrons. The molecule has 0 bridgehead atoms. The van der Waals surface area contributed by atoms with Gasteiger partial charge in [-0.1, -0.05) is 47.6 Å². The lowest BCUT2D eigenvalue weighted by Gasteiger charge is -2.09. The molecule has 31 heavy (non-hydrogen) atoms. The molecule has 0 amide bonds. The van der Waals surface area contributed by atoms with E-state index in [-0.39, 0.29) is 11.8 Å². The van der Waals surface area contributed by atoms with Crippen LogP contribution in [0.2, 0.25) is 0 Å². The number of nitrogens with zero attached hydrogens (tertiary/aromatic N) is 3. The van der Waals surface area contributed by atoms with E-state index in [4.69, 9.17) is 9.47 Å². The van der Waals surface area contributed by atoms with Gasteiger partial charge in [0.15, 0.2) is 0 Å². The molecule has 0 aliphatic carbocycles. The molecule has 156 valence electrons. The summed E-state index contributed by atoms with van der Waals surface area (Å²) < 4.78 is 12.6. The van der Waals surface area contributed by atoms with E-state index in [0.29, 0.717) is 27.9 Å². The first kappa shape index (κ1) is 21.3. The van der Waals surface area contributed by atoms with E-state index in [1.54, 1.807) is 18.3 Å². The maximum absolute atomic E-state index is 9.84. The zero-order chi connectivity index (χ0) is 21.6. The fourth-order valence-electron chi connectivity index (χ4n) is 2.79. The third kappa shape index (κ3) is 5.59. The van der Waals surface area contributed by atoms with Crippen LogP contribution >= 0.6 is 31.9 Å². The van der Waals surface area contributed by atoms with E-state index >= 15 is 0 Å². The van der Waals surface area contributed by atoms with Crippen LogP contribution in [0.1, 0.15) is 11.1 Å². The molecular weight excluding hydrogens is 526 g/mol. The number of aromatic hydroxyl groups is 1. The number of rotatable bonds is 7. The SMILES string of the molecule is Oc1c(Br)cc(-c2cnc(OCc3cccc(OCc4ccccc4)c3)nn2)cc1Br. The average molecular weight is 543 g/mol. The molecule has 4 rings (SSSR count). The van der Waals surface area contributed by atoms with Crippen molar-refractivity contribution in [1.82, 2.24) is 15.2 Å². The molecule has 0 spiro atoms. The first-order valence-corrected chi connectivity index (χ1v) is 10.9. The van der Waals surface area contributed by atoms with Gasteiger partial charge >= 0.3 is 6.01 Å². The predicted molar refractivity (Wildman–Crippen MR) is 124 cm³/mol. The van der Waals surface area contributed by atoms with Crippen molar-refractivity contribution >= 4 is 31.9 Å². The number of phenolic OH excluding ortho intramolecular Hbond substituents is 1. The summed E-state index contributed by atoms with van der Waals surface area (Å²) in [6.07, 6.45) is 1.58. The average Bonchev–Trinajstić information content (AvgIpc) is 2.81. The minimum absolute atomic E-state index is 0.125. The molecule has 8 heteroatoms. The molecule has 1 heterocycles. The molecule has 4 aromatic rings. The molecule has 0 atom stereocenters. The van der Waals surface area contributed by atoms with Gasteiger partial charge in [-0.05, 0) is 67.3 Å². The summed E-state index contributed by atoms with van der Waals surface area (Å²) >= 11 is 6.61. The zero-order valence-corrected chi connectivity index (χ0v) is 19.4. The molecule has 0 unspecified atom stereocenters. The maximum Gasteiger partial charge on any atom is 0.336 e.